The van der Waals surface area contributed by atoms with Crippen molar-refractivity contribution in [2.45, 2.75) is 71.6 Å². The van der Waals surface area contributed by atoms with Crippen molar-refractivity contribution in [1.29, 1.82) is 0 Å². The molecule has 3 N–H and O–H groups in total. The van der Waals surface area contributed by atoms with Crippen molar-refractivity contribution in [2.24, 2.45) is 11.3 Å². The Morgan fingerprint density at radius 2 is 1.69 bits per heavy atom. The molecule has 0 fully saturated rings. The molecule has 1 aromatic heterocycles. The lowest BCUT2D eigenvalue weighted by molar-refractivity contribution is -0.114. The van der Waals surface area contributed by atoms with Gasteiger partial charge in [0.1, 0.15) is 10.7 Å². The Morgan fingerprint density at radius 1 is 0.962 bits per heavy atom. The molecule has 3 aromatic carbocycles. The van der Waals surface area contributed by atoms with Crippen LogP contribution in [-0.4, -0.2) is 36.1 Å². The van der Waals surface area contributed by atoms with E-state index in [1.807, 2.05) is 36.4 Å². The van der Waals surface area contributed by atoms with Gasteiger partial charge < -0.3 is 20.7 Å². The molecule has 1 unspecified atom stereocenters. The average molecular weight is 738 g/mol. The van der Waals surface area contributed by atoms with E-state index >= 15 is 0 Å². The number of fused-ring (bicyclic) bond motifs is 1. The van der Waals surface area contributed by atoms with Crippen molar-refractivity contribution in [2.75, 3.05) is 23.0 Å². The van der Waals surface area contributed by atoms with Gasteiger partial charge in [0, 0.05) is 21.0 Å². The summed E-state index contributed by atoms with van der Waals surface area (Å²) in [6.45, 7) is 13.0. The Hall–Kier alpha value is -4.67. The SMILES string of the molecule is CCOC(=O)c1c(NC(=O)CSc2cccc(NC(=O)/C(=C\c3ccc(C(C)C)cc3)NC(=O)c3ccccc3)c2)sc2c1CCC(C(C)(C)C)C2. The second kappa shape index (κ2) is 17.2. The molecule has 0 saturated carbocycles. The first-order valence-electron chi connectivity index (χ1n) is 17.7. The first kappa shape index (κ1) is 38.6. The van der Waals surface area contributed by atoms with Gasteiger partial charge in [-0.05, 0) is 96.5 Å². The molecule has 4 aromatic rings. The van der Waals surface area contributed by atoms with Gasteiger partial charge in [0.05, 0.1) is 17.9 Å². The average Bonchev–Trinajstić information content (AvgIpc) is 3.48. The van der Waals surface area contributed by atoms with E-state index in [1.54, 1.807) is 55.5 Å². The van der Waals surface area contributed by atoms with Gasteiger partial charge in [-0.15, -0.1) is 23.1 Å². The number of carbonyl (C=O) groups is 4. The number of esters is 1. The summed E-state index contributed by atoms with van der Waals surface area (Å²) in [5, 5.41) is 9.23. The van der Waals surface area contributed by atoms with E-state index in [9.17, 15) is 19.2 Å². The molecule has 8 nitrogen and oxygen atoms in total. The fourth-order valence-corrected chi connectivity index (χ4v) is 8.18. The van der Waals surface area contributed by atoms with Gasteiger partial charge in [0.15, 0.2) is 0 Å². The summed E-state index contributed by atoms with van der Waals surface area (Å²) < 4.78 is 5.40. The third-order valence-electron chi connectivity index (χ3n) is 9.13. The molecule has 0 bridgehead atoms. The molecule has 10 heteroatoms. The number of hydrogen-bond acceptors (Lipinski definition) is 7. The standard InChI is InChI=1S/C42H47N3O5S2/c1-7-50-41(49)37-33-21-20-30(42(4,5)6)23-35(33)52-40(37)45-36(46)25-51-32-15-11-14-31(24-32)43-39(48)34(44-38(47)29-12-9-8-10-13-29)22-27-16-18-28(19-17-27)26(2)3/h8-19,22,24,26,30H,7,20-21,23,25H2,1-6H3,(H,43,48)(H,44,47)(H,45,46)/b34-22+. The van der Waals surface area contributed by atoms with Gasteiger partial charge in [-0.3, -0.25) is 14.4 Å². The smallest absolute Gasteiger partial charge is 0.341 e. The van der Waals surface area contributed by atoms with Crippen molar-refractivity contribution in [3.05, 3.63) is 117 Å². The summed E-state index contributed by atoms with van der Waals surface area (Å²) in [4.78, 5) is 54.9. The van der Waals surface area contributed by atoms with E-state index in [0.29, 0.717) is 33.7 Å². The van der Waals surface area contributed by atoms with E-state index in [-0.39, 0.29) is 29.4 Å². The minimum absolute atomic E-state index is 0.0912. The van der Waals surface area contributed by atoms with Gasteiger partial charge in [0.2, 0.25) is 5.91 Å². The van der Waals surface area contributed by atoms with Crippen LogP contribution >= 0.6 is 23.1 Å². The number of hydrogen-bond donors (Lipinski definition) is 3. The topological polar surface area (TPSA) is 114 Å². The predicted molar refractivity (Wildman–Crippen MR) is 212 cm³/mol. The maximum absolute atomic E-state index is 13.6. The molecule has 1 aliphatic rings. The minimum atomic E-state index is -0.487. The number of thiophene rings is 1. The molecule has 3 amide bonds. The first-order valence-corrected chi connectivity index (χ1v) is 19.5. The fraction of sp³-hybridized carbons (Fsp3) is 0.333. The summed E-state index contributed by atoms with van der Waals surface area (Å²) in [5.41, 5.74) is 4.59. The molecular weight excluding hydrogens is 691 g/mol. The quantitative estimate of drug-likeness (QED) is 0.0759. The Morgan fingerprint density at radius 3 is 2.37 bits per heavy atom. The molecule has 5 rings (SSSR count). The van der Waals surface area contributed by atoms with Gasteiger partial charge in [-0.1, -0.05) is 83.1 Å². The number of carbonyl (C=O) groups excluding carboxylic acids is 4. The molecule has 0 radical (unpaired) electrons. The maximum Gasteiger partial charge on any atom is 0.341 e. The van der Waals surface area contributed by atoms with Gasteiger partial charge in [0.25, 0.3) is 11.8 Å². The minimum Gasteiger partial charge on any atom is -0.462 e. The van der Waals surface area contributed by atoms with Crippen LogP contribution in [0, 0.1) is 11.3 Å². The van der Waals surface area contributed by atoms with Crippen molar-refractivity contribution < 1.29 is 23.9 Å². The number of thioether (sulfide) groups is 1. The van der Waals surface area contributed by atoms with E-state index in [1.165, 1.54) is 28.7 Å². The lowest BCUT2D eigenvalue weighted by atomic mass is 9.72. The van der Waals surface area contributed by atoms with Crippen molar-refractivity contribution in [3.8, 4) is 0 Å². The van der Waals surface area contributed by atoms with Crippen LogP contribution in [0.25, 0.3) is 6.08 Å². The van der Waals surface area contributed by atoms with E-state index in [4.69, 9.17) is 4.74 Å². The van der Waals surface area contributed by atoms with Crippen LogP contribution in [0.3, 0.4) is 0 Å². The molecule has 272 valence electrons. The Balaban J connectivity index is 1.28. The van der Waals surface area contributed by atoms with E-state index < -0.39 is 17.8 Å². The molecule has 1 atom stereocenters. The van der Waals surface area contributed by atoms with Crippen LogP contribution in [-0.2, 0) is 27.2 Å². The first-order chi connectivity index (χ1) is 24.8. The normalized spacial score (nSPS) is 14.4. The summed E-state index contributed by atoms with van der Waals surface area (Å²) in [6.07, 6.45) is 4.29. The Bertz CT molecular complexity index is 1940. The van der Waals surface area contributed by atoms with E-state index in [2.05, 4.69) is 50.6 Å². The zero-order valence-corrected chi connectivity index (χ0v) is 32.3. The monoisotopic (exact) mass is 737 g/mol. The number of rotatable bonds is 12. The number of ether oxygens (including phenoxy) is 1. The van der Waals surface area contributed by atoms with Crippen molar-refractivity contribution in [3.63, 3.8) is 0 Å². The fourth-order valence-electron chi connectivity index (χ4n) is 6.09. The second-order valence-electron chi connectivity index (χ2n) is 14.3. The molecule has 52 heavy (non-hydrogen) atoms. The van der Waals surface area contributed by atoms with Crippen molar-refractivity contribution >= 4 is 63.6 Å². The molecule has 0 spiro atoms. The van der Waals surface area contributed by atoms with Gasteiger partial charge in [-0.2, -0.15) is 0 Å². The van der Waals surface area contributed by atoms with Crippen LogP contribution in [0.4, 0.5) is 10.7 Å². The maximum atomic E-state index is 13.6. The molecule has 0 saturated heterocycles. The van der Waals surface area contributed by atoms with Gasteiger partial charge in [-0.25, -0.2) is 4.79 Å². The second-order valence-corrected chi connectivity index (χ2v) is 16.4. The highest BCUT2D eigenvalue weighted by atomic mass is 32.2. The van der Waals surface area contributed by atoms with Gasteiger partial charge >= 0.3 is 5.97 Å². The predicted octanol–water partition coefficient (Wildman–Crippen LogP) is 9.34. The summed E-state index contributed by atoms with van der Waals surface area (Å²) >= 11 is 2.79. The highest BCUT2D eigenvalue weighted by Gasteiger charge is 2.34. The van der Waals surface area contributed by atoms with Crippen molar-refractivity contribution in [1.82, 2.24) is 5.32 Å². The number of amides is 3. The number of anilines is 2. The largest absolute Gasteiger partial charge is 0.462 e. The van der Waals surface area contributed by atoms with Crippen LogP contribution < -0.4 is 16.0 Å². The molecule has 0 aliphatic heterocycles. The molecule has 1 aliphatic carbocycles. The molecule has 1 heterocycles. The highest BCUT2D eigenvalue weighted by molar-refractivity contribution is 8.00. The number of benzene rings is 3. The van der Waals surface area contributed by atoms with Crippen LogP contribution in [0.1, 0.15) is 96.2 Å². The zero-order chi connectivity index (χ0) is 37.4. The van der Waals surface area contributed by atoms with E-state index in [0.717, 1.165) is 40.2 Å². The van der Waals surface area contributed by atoms with Crippen LogP contribution in [0.2, 0.25) is 0 Å². The lowest BCUT2D eigenvalue weighted by Gasteiger charge is -2.33. The Kier molecular flexibility index (Phi) is 12.8. The highest BCUT2D eigenvalue weighted by Crippen LogP contribution is 2.44. The summed E-state index contributed by atoms with van der Waals surface area (Å²) in [6, 6.07) is 23.8. The van der Waals surface area contributed by atoms with Crippen LogP contribution in [0.15, 0.2) is 89.5 Å². The Labute approximate surface area is 314 Å². The third kappa shape index (κ3) is 10.0. The van der Waals surface area contributed by atoms with Crippen LogP contribution in [0.5, 0.6) is 0 Å². The zero-order valence-electron chi connectivity index (χ0n) is 30.6. The summed E-state index contributed by atoms with van der Waals surface area (Å²) in [7, 11) is 0. The molecular formula is C42H47N3O5S2. The lowest BCUT2D eigenvalue weighted by Crippen LogP contribution is -2.30. The number of nitrogens with one attached hydrogen (secondary N) is 3. The third-order valence-corrected chi connectivity index (χ3v) is 11.3. The summed E-state index contributed by atoms with van der Waals surface area (Å²) in [5.74, 6) is -0.586.